The highest BCUT2D eigenvalue weighted by Gasteiger charge is 2.16. The lowest BCUT2D eigenvalue weighted by atomic mass is 10.0. The van der Waals surface area contributed by atoms with E-state index in [2.05, 4.69) is 5.10 Å². The first-order valence-electron chi connectivity index (χ1n) is 6.33. The Balaban J connectivity index is 2.26. The van der Waals surface area contributed by atoms with Crippen molar-refractivity contribution < 1.29 is 9.84 Å². The molecule has 0 spiro atoms. The van der Waals surface area contributed by atoms with Crippen molar-refractivity contribution in [1.29, 1.82) is 0 Å². The molecule has 1 atom stereocenters. The number of nitrogens with zero attached hydrogens (tertiary/aromatic N) is 2. The van der Waals surface area contributed by atoms with Crippen LogP contribution in [0.15, 0.2) is 24.3 Å². The standard InChI is InChI=1S/C15H20N2O2/c1-10-5-6-15(19-4)13(7-10)14(18)9-12-8-11(2)16-17(12)3/h5-8,14,18H,9H2,1-4H3. The molecule has 0 saturated heterocycles. The smallest absolute Gasteiger partial charge is 0.124 e. The molecule has 1 aromatic carbocycles. The number of hydrogen-bond donors (Lipinski definition) is 1. The van der Waals surface area contributed by atoms with Crippen LogP contribution >= 0.6 is 0 Å². The van der Waals surface area contributed by atoms with Gasteiger partial charge in [0.1, 0.15) is 5.75 Å². The number of rotatable bonds is 4. The summed E-state index contributed by atoms with van der Waals surface area (Å²) in [5.74, 6) is 0.719. The average molecular weight is 260 g/mol. The molecule has 0 radical (unpaired) electrons. The van der Waals surface area contributed by atoms with Crippen LogP contribution in [0.2, 0.25) is 0 Å². The summed E-state index contributed by atoms with van der Waals surface area (Å²) in [7, 11) is 3.51. The molecule has 1 N–H and O–H groups in total. The molecule has 0 aliphatic heterocycles. The Hall–Kier alpha value is -1.81. The van der Waals surface area contributed by atoms with Crippen LogP contribution in [0.1, 0.15) is 28.6 Å². The molecule has 0 bridgehead atoms. The van der Waals surface area contributed by atoms with Crippen molar-refractivity contribution in [3.05, 3.63) is 46.8 Å². The minimum Gasteiger partial charge on any atom is -0.496 e. The predicted octanol–water partition coefficient (Wildman–Crippen LogP) is 2.32. The fraction of sp³-hybridized carbons (Fsp3) is 0.400. The van der Waals surface area contributed by atoms with Gasteiger partial charge in [-0.05, 0) is 32.0 Å². The monoisotopic (exact) mass is 260 g/mol. The first-order chi connectivity index (χ1) is 9.01. The van der Waals surface area contributed by atoms with Gasteiger partial charge in [0.05, 0.1) is 18.9 Å². The maximum Gasteiger partial charge on any atom is 0.124 e. The SMILES string of the molecule is COc1ccc(C)cc1C(O)Cc1cc(C)nn1C. The molecule has 102 valence electrons. The largest absolute Gasteiger partial charge is 0.496 e. The van der Waals surface area contributed by atoms with Crippen molar-refractivity contribution in [1.82, 2.24) is 9.78 Å². The number of benzene rings is 1. The molecule has 4 heteroatoms. The second kappa shape index (κ2) is 5.45. The second-order valence-electron chi connectivity index (χ2n) is 4.87. The quantitative estimate of drug-likeness (QED) is 0.917. The molecule has 0 aliphatic carbocycles. The van der Waals surface area contributed by atoms with E-state index in [1.54, 1.807) is 11.8 Å². The molecule has 19 heavy (non-hydrogen) atoms. The molecule has 1 unspecified atom stereocenters. The molecule has 0 amide bonds. The topological polar surface area (TPSA) is 47.3 Å². The Labute approximate surface area is 113 Å². The van der Waals surface area contributed by atoms with Crippen molar-refractivity contribution in [2.45, 2.75) is 26.4 Å². The van der Waals surface area contributed by atoms with Gasteiger partial charge in [-0.1, -0.05) is 11.6 Å². The van der Waals surface area contributed by atoms with Gasteiger partial charge in [0.2, 0.25) is 0 Å². The van der Waals surface area contributed by atoms with Crippen molar-refractivity contribution in [3.8, 4) is 5.75 Å². The Morgan fingerprint density at radius 1 is 1.32 bits per heavy atom. The molecule has 0 aliphatic rings. The minimum absolute atomic E-state index is 0.525. The van der Waals surface area contributed by atoms with E-state index in [1.807, 2.05) is 45.2 Å². The van der Waals surface area contributed by atoms with Crippen molar-refractivity contribution in [2.75, 3.05) is 7.11 Å². The van der Waals surface area contributed by atoms with Crippen LogP contribution in [0.25, 0.3) is 0 Å². The van der Waals surface area contributed by atoms with Crippen LogP contribution in [-0.2, 0) is 13.5 Å². The molecular formula is C15H20N2O2. The van der Waals surface area contributed by atoms with Crippen LogP contribution < -0.4 is 4.74 Å². The normalized spacial score (nSPS) is 12.5. The molecule has 0 fully saturated rings. The highest BCUT2D eigenvalue weighted by Crippen LogP contribution is 2.28. The highest BCUT2D eigenvalue weighted by molar-refractivity contribution is 5.39. The number of aliphatic hydroxyl groups excluding tert-OH is 1. The lowest BCUT2D eigenvalue weighted by Gasteiger charge is -2.15. The van der Waals surface area contributed by atoms with Crippen LogP contribution in [0.4, 0.5) is 0 Å². The summed E-state index contributed by atoms with van der Waals surface area (Å²) in [5.41, 5.74) is 3.90. The van der Waals surface area contributed by atoms with Gasteiger partial charge in [-0.2, -0.15) is 5.10 Å². The lowest BCUT2D eigenvalue weighted by molar-refractivity contribution is 0.171. The van der Waals surface area contributed by atoms with E-state index in [9.17, 15) is 5.11 Å². The molecule has 0 saturated carbocycles. The number of ether oxygens (including phenoxy) is 1. The summed E-state index contributed by atoms with van der Waals surface area (Å²) in [6.07, 6.45) is -0.0680. The Morgan fingerprint density at radius 2 is 2.05 bits per heavy atom. The molecule has 4 nitrogen and oxygen atoms in total. The van der Waals surface area contributed by atoms with Gasteiger partial charge in [-0.3, -0.25) is 4.68 Å². The number of aliphatic hydroxyl groups is 1. The summed E-state index contributed by atoms with van der Waals surface area (Å²) in [4.78, 5) is 0. The van der Waals surface area contributed by atoms with Crippen molar-refractivity contribution >= 4 is 0 Å². The molecular weight excluding hydrogens is 240 g/mol. The summed E-state index contributed by atoms with van der Waals surface area (Å²) >= 11 is 0. The molecule has 2 aromatic rings. The zero-order chi connectivity index (χ0) is 14.0. The van der Waals surface area contributed by atoms with E-state index in [1.165, 1.54) is 0 Å². The molecule has 2 rings (SSSR count). The van der Waals surface area contributed by atoms with Gasteiger partial charge in [0.25, 0.3) is 0 Å². The van der Waals surface area contributed by atoms with E-state index in [0.717, 1.165) is 28.3 Å². The first-order valence-corrected chi connectivity index (χ1v) is 6.33. The Bertz CT molecular complexity index is 576. The van der Waals surface area contributed by atoms with Crippen LogP contribution in [0.5, 0.6) is 5.75 Å². The van der Waals surface area contributed by atoms with Gasteiger partial charge < -0.3 is 9.84 Å². The third-order valence-electron chi connectivity index (χ3n) is 3.25. The van der Waals surface area contributed by atoms with Gasteiger partial charge >= 0.3 is 0 Å². The molecule has 1 aromatic heterocycles. The maximum absolute atomic E-state index is 10.4. The van der Waals surface area contributed by atoms with E-state index >= 15 is 0 Å². The Kier molecular flexibility index (Phi) is 3.90. The van der Waals surface area contributed by atoms with Crippen LogP contribution in [0, 0.1) is 13.8 Å². The fourth-order valence-electron chi connectivity index (χ4n) is 2.28. The van der Waals surface area contributed by atoms with E-state index in [0.29, 0.717) is 6.42 Å². The summed E-state index contributed by atoms with van der Waals surface area (Å²) in [6.45, 7) is 3.95. The summed E-state index contributed by atoms with van der Waals surface area (Å²) in [5, 5.41) is 14.7. The number of hydrogen-bond acceptors (Lipinski definition) is 3. The molecule has 1 heterocycles. The van der Waals surface area contributed by atoms with E-state index in [4.69, 9.17) is 4.74 Å². The van der Waals surface area contributed by atoms with Gasteiger partial charge in [-0.15, -0.1) is 0 Å². The zero-order valence-corrected chi connectivity index (χ0v) is 11.8. The van der Waals surface area contributed by atoms with Crippen molar-refractivity contribution in [2.24, 2.45) is 7.05 Å². The second-order valence-corrected chi connectivity index (χ2v) is 4.87. The predicted molar refractivity (Wildman–Crippen MR) is 74.3 cm³/mol. The van der Waals surface area contributed by atoms with Crippen LogP contribution in [-0.4, -0.2) is 22.0 Å². The fourth-order valence-corrected chi connectivity index (χ4v) is 2.28. The van der Waals surface area contributed by atoms with E-state index < -0.39 is 6.10 Å². The lowest BCUT2D eigenvalue weighted by Crippen LogP contribution is -2.08. The summed E-state index contributed by atoms with van der Waals surface area (Å²) < 4.78 is 7.12. The van der Waals surface area contributed by atoms with Crippen LogP contribution in [0.3, 0.4) is 0 Å². The maximum atomic E-state index is 10.4. The Morgan fingerprint density at radius 3 is 2.63 bits per heavy atom. The first kappa shape index (κ1) is 13.6. The average Bonchev–Trinajstić information content (AvgIpc) is 2.67. The zero-order valence-electron chi connectivity index (χ0n) is 11.8. The van der Waals surface area contributed by atoms with Gasteiger partial charge in [0, 0.05) is 24.7 Å². The highest BCUT2D eigenvalue weighted by atomic mass is 16.5. The number of aromatic nitrogens is 2. The van der Waals surface area contributed by atoms with Gasteiger partial charge in [0.15, 0.2) is 0 Å². The minimum atomic E-state index is -0.593. The van der Waals surface area contributed by atoms with Crippen molar-refractivity contribution in [3.63, 3.8) is 0 Å². The number of aryl methyl sites for hydroxylation is 3. The summed E-state index contributed by atoms with van der Waals surface area (Å²) in [6, 6.07) is 7.82. The third-order valence-corrected chi connectivity index (χ3v) is 3.25. The number of methoxy groups -OCH3 is 1. The van der Waals surface area contributed by atoms with E-state index in [-0.39, 0.29) is 0 Å². The van der Waals surface area contributed by atoms with Gasteiger partial charge in [-0.25, -0.2) is 0 Å². The third kappa shape index (κ3) is 2.96.